The molecule has 5 aromatic rings. The molecule has 0 unspecified atom stereocenters. The molecule has 2 fully saturated rings. The minimum Gasteiger partial charge on any atom is -0.471 e. The van der Waals surface area contributed by atoms with E-state index in [0.29, 0.717) is 48.0 Å². The number of hydrogen-bond donors (Lipinski definition) is 0. The van der Waals surface area contributed by atoms with Gasteiger partial charge in [-0.25, -0.2) is 14.1 Å². The molecule has 51 heavy (non-hydrogen) atoms. The zero-order valence-corrected chi connectivity index (χ0v) is 29.8. The summed E-state index contributed by atoms with van der Waals surface area (Å²) in [6.45, 7) is 7.57. The first-order valence-corrected chi connectivity index (χ1v) is 17.6. The summed E-state index contributed by atoms with van der Waals surface area (Å²) < 4.78 is 30.9. The first-order valence-electron chi connectivity index (χ1n) is 17.6. The summed E-state index contributed by atoms with van der Waals surface area (Å²) in [5.41, 5.74) is 3.90. The fourth-order valence-corrected chi connectivity index (χ4v) is 8.09. The number of hydrogen-bond acceptors (Lipinski definition) is 9. The summed E-state index contributed by atoms with van der Waals surface area (Å²) in [7, 11) is 3.66. The molecule has 2 aromatic carbocycles. The normalized spacial score (nSPS) is 20.5. The van der Waals surface area contributed by atoms with E-state index in [1.807, 2.05) is 62.0 Å². The second-order valence-electron chi connectivity index (χ2n) is 13.8. The van der Waals surface area contributed by atoms with Gasteiger partial charge in [0.25, 0.3) is 0 Å². The number of piperidine rings is 1. The van der Waals surface area contributed by atoms with Crippen molar-refractivity contribution in [2.45, 2.75) is 77.1 Å². The summed E-state index contributed by atoms with van der Waals surface area (Å²) in [6.07, 6.45) is 8.07. The molecular formula is C39H43FN8O3. The molecule has 0 radical (unpaired) electrons. The summed E-state index contributed by atoms with van der Waals surface area (Å²) in [5.74, 6) is -0.377. The zero-order chi connectivity index (χ0) is 35.8. The van der Waals surface area contributed by atoms with Crippen molar-refractivity contribution in [3.05, 3.63) is 65.8 Å². The van der Waals surface area contributed by atoms with Crippen LogP contribution in [0.4, 0.5) is 4.39 Å². The van der Waals surface area contributed by atoms with Gasteiger partial charge in [-0.3, -0.25) is 14.7 Å². The van der Waals surface area contributed by atoms with Gasteiger partial charge < -0.3 is 14.4 Å². The highest BCUT2D eigenvalue weighted by Crippen LogP contribution is 2.42. The van der Waals surface area contributed by atoms with Crippen molar-refractivity contribution in [3.63, 3.8) is 0 Å². The van der Waals surface area contributed by atoms with Gasteiger partial charge in [0, 0.05) is 65.6 Å². The molecule has 3 aromatic heterocycles. The molecule has 2 saturated heterocycles. The quantitative estimate of drug-likeness (QED) is 0.160. The maximum Gasteiger partial charge on any atom is 0.246 e. The molecule has 0 spiro atoms. The van der Waals surface area contributed by atoms with Crippen LogP contribution in [-0.2, 0) is 9.53 Å². The number of benzene rings is 2. The van der Waals surface area contributed by atoms with Crippen molar-refractivity contribution in [2.24, 2.45) is 0 Å². The molecule has 4 atom stereocenters. The average Bonchev–Trinajstić information content (AvgIpc) is 3.77. The third-order valence-electron chi connectivity index (χ3n) is 10.6. The van der Waals surface area contributed by atoms with Crippen molar-refractivity contribution in [1.82, 2.24) is 34.8 Å². The Bertz CT molecular complexity index is 2190. The lowest BCUT2D eigenvalue weighted by Gasteiger charge is -2.38. The molecule has 0 saturated carbocycles. The van der Waals surface area contributed by atoms with Crippen molar-refractivity contribution in [1.29, 1.82) is 5.26 Å². The molecule has 0 N–H and O–H groups in total. The monoisotopic (exact) mass is 690 g/mol. The number of aryl methyl sites for hydroxylation is 2. The van der Waals surface area contributed by atoms with Crippen LogP contribution in [0.1, 0.15) is 56.3 Å². The molecule has 2 aliphatic heterocycles. The van der Waals surface area contributed by atoms with Crippen molar-refractivity contribution < 1.29 is 18.7 Å². The minimum atomic E-state index is -0.456. The molecule has 5 heterocycles. The van der Waals surface area contributed by atoms with Crippen molar-refractivity contribution >= 4 is 38.6 Å². The van der Waals surface area contributed by atoms with Gasteiger partial charge in [-0.15, -0.1) is 5.10 Å². The van der Waals surface area contributed by atoms with E-state index in [1.54, 1.807) is 18.1 Å². The van der Waals surface area contributed by atoms with Gasteiger partial charge in [0.1, 0.15) is 17.1 Å². The second-order valence-corrected chi connectivity index (χ2v) is 13.8. The maximum atomic E-state index is 17.3. The number of amides is 1. The number of pyridine rings is 2. The van der Waals surface area contributed by atoms with E-state index in [0.717, 1.165) is 47.0 Å². The molecule has 1 amide bonds. The Morgan fingerprint density at radius 2 is 1.98 bits per heavy atom. The summed E-state index contributed by atoms with van der Waals surface area (Å²) >= 11 is 0. The molecule has 2 aliphatic rings. The van der Waals surface area contributed by atoms with E-state index in [4.69, 9.17) is 14.5 Å². The lowest BCUT2D eigenvalue weighted by Crippen LogP contribution is -2.46. The van der Waals surface area contributed by atoms with Crippen LogP contribution in [0.2, 0.25) is 0 Å². The van der Waals surface area contributed by atoms with Crippen LogP contribution >= 0.6 is 0 Å². The zero-order valence-electron chi connectivity index (χ0n) is 29.8. The third kappa shape index (κ3) is 6.29. The van der Waals surface area contributed by atoms with Crippen LogP contribution in [0.15, 0.2) is 48.7 Å². The van der Waals surface area contributed by atoms with Crippen molar-refractivity contribution in [3.8, 4) is 23.1 Å². The predicted molar refractivity (Wildman–Crippen MR) is 194 cm³/mol. The van der Waals surface area contributed by atoms with E-state index in [2.05, 4.69) is 33.3 Å². The highest BCUT2D eigenvalue weighted by atomic mass is 19.1. The van der Waals surface area contributed by atoms with Gasteiger partial charge in [-0.2, -0.15) is 5.26 Å². The smallest absolute Gasteiger partial charge is 0.246 e. The predicted octanol–water partition coefficient (Wildman–Crippen LogP) is 6.46. The molecule has 264 valence electrons. The fourth-order valence-electron chi connectivity index (χ4n) is 8.09. The Morgan fingerprint density at radius 3 is 2.75 bits per heavy atom. The number of likely N-dealkylation sites (tertiary alicyclic amines) is 2. The molecule has 0 bridgehead atoms. The Morgan fingerprint density at radius 1 is 1.16 bits per heavy atom. The highest BCUT2D eigenvalue weighted by molar-refractivity contribution is 6.08. The molecule has 12 heteroatoms. The van der Waals surface area contributed by atoms with Gasteiger partial charge in [-0.1, -0.05) is 35.6 Å². The second kappa shape index (κ2) is 14.3. The van der Waals surface area contributed by atoms with Gasteiger partial charge >= 0.3 is 0 Å². The Balaban J connectivity index is 1.39. The number of carbonyl (C=O) groups is 1. The van der Waals surface area contributed by atoms with Crippen LogP contribution in [0, 0.1) is 31.0 Å². The van der Waals surface area contributed by atoms with Gasteiger partial charge in [0.2, 0.25) is 11.8 Å². The first kappa shape index (κ1) is 34.5. The van der Waals surface area contributed by atoms with Crippen LogP contribution in [0.5, 0.6) is 5.88 Å². The largest absolute Gasteiger partial charge is 0.471 e. The van der Waals surface area contributed by atoms with E-state index in [-0.39, 0.29) is 48.0 Å². The Hall–Kier alpha value is -4.99. The van der Waals surface area contributed by atoms with E-state index in [9.17, 15) is 10.1 Å². The molecule has 7 rings (SSSR count). The van der Waals surface area contributed by atoms with Crippen LogP contribution in [0.25, 0.3) is 43.8 Å². The number of carbonyl (C=O) groups excluding carboxylic acids is 1. The van der Waals surface area contributed by atoms with Gasteiger partial charge in [0.15, 0.2) is 11.3 Å². The lowest BCUT2D eigenvalue weighted by atomic mass is 9.92. The summed E-state index contributed by atoms with van der Waals surface area (Å²) in [5, 5.41) is 21.4. The van der Waals surface area contributed by atoms with E-state index >= 15 is 4.39 Å². The lowest BCUT2D eigenvalue weighted by molar-refractivity contribution is -0.130. The topological polar surface area (TPSA) is 122 Å². The minimum absolute atomic E-state index is 0.158. The van der Waals surface area contributed by atoms with Crippen LogP contribution < -0.4 is 4.74 Å². The fraction of sp³-hybridized carbons (Fsp3) is 0.436. The number of rotatable bonds is 9. The summed E-state index contributed by atoms with van der Waals surface area (Å²) in [6, 6.07) is 11.7. The molecule has 0 aliphatic carbocycles. The number of nitrogens with zero attached hydrogens (tertiary/aromatic N) is 8. The molecule has 11 nitrogen and oxygen atoms in total. The van der Waals surface area contributed by atoms with Crippen LogP contribution in [0.3, 0.4) is 0 Å². The summed E-state index contributed by atoms with van der Waals surface area (Å²) in [4.78, 5) is 26.7. The molecular weight excluding hydrogens is 647 g/mol. The Labute approximate surface area is 296 Å². The van der Waals surface area contributed by atoms with Gasteiger partial charge in [-0.05, 0) is 77.1 Å². The van der Waals surface area contributed by atoms with E-state index < -0.39 is 5.82 Å². The first-order chi connectivity index (χ1) is 24.7. The van der Waals surface area contributed by atoms with E-state index in [1.165, 1.54) is 6.08 Å². The SMILES string of the molecule is COC/C=C/C(=O)N1CC[C@H](n2nnc3c(O[C@@H](C)[C@@H]4CCCN4C)nc4c(F)c(-c5c(C)ncc6ccccc56)c(C)cc4c32)C[C@H]1CC#N. The Kier molecular flexibility index (Phi) is 9.68. The number of aromatic nitrogens is 5. The van der Waals surface area contributed by atoms with Crippen LogP contribution in [-0.4, -0.2) is 92.7 Å². The van der Waals surface area contributed by atoms with Gasteiger partial charge in [0.05, 0.1) is 25.1 Å². The highest BCUT2D eigenvalue weighted by Gasteiger charge is 2.35. The average molecular weight is 691 g/mol. The number of nitriles is 1. The number of likely N-dealkylation sites (N-methyl/N-ethyl adjacent to an activating group) is 1. The van der Waals surface area contributed by atoms with Crippen molar-refractivity contribution in [2.75, 3.05) is 33.9 Å². The standard InChI is InChI=1S/C39H43FN8O3/c1-23-20-30-36(35(40)33(23)34-24(2)42-22-26-10-6-7-11-29(26)34)43-39(51-25(3)31-12-8-17-46(31)4)37-38(30)48(45-44-37)28-15-18-47(27(21-28)14-16-41)32(49)13-9-19-50-5/h6-7,9-11,13,20,22,25,27-28,31H,8,12,14-15,17-19,21H2,1-5H3/b13-9+/t25-,27+,28-,31-/m0/s1. The number of ether oxygens (including phenoxy) is 2. The number of fused-ring (bicyclic) bond motifs is 4. The third-order valence-corrected chi connectivity index (χ3v) is 10.6. The maximum absolute atomic E-state index is 17.3. The number of methoxy groups -OCH3 is 1. The number of halogens is 1.